The number of hydrogen-bond acceptors (Lipinski definition) is 4. The molecule has 0 aliphatic carbocycles. The Labute approximate surface area is 167 Å². The van der Waals surface area contributed by atoms with Crippen LogP contribution in [0.4, 0.5) is 5.69 Å². The van der Waals surface area contributed by atoms with E-state index in [-0.39, 0.29) is 12.1 Å². The van der Waals surface area contributed by atoms with Gasteiger partial charge in [0.05, 0.1) is 12.1 Å². The lowest BCUT2D eigenvalue weighted by atomic mass is 10.1. The van der Waals surface area contributed by atoms with Crippen LogP contribution in [0.15, 0.2) is 54.6 Å². The Bertz CT molecular complexity index is 773. The molecule has 0 heterocycles. The lowest BCUT2D eigenvalue weighted by Gasteiger charge is -2.26. The highest BCUT2D eigenvalue weighted by molar-refractivity contribution is 6.35. The summed E-state index contributed by atoms with van der Waals surface area (Å²) in [7, 11) is 7.89. The van der Waals surface area contributed by atoms with Crippen molar-refractivity contribution >= 4 is 17.5 Å². The molecule has 0 spiro atoms. The summed E-state index contributed by atoms with van der Waals surface area (Å²) in [5.41, 5.74) is 3.14. The maximum absolute atomic E-state index is 12.3. The maximum atomic E-state index is 12.3. The van der Waals surface area contributed by atoms with Gasteiger partial charge in [0.1, 0.15) is 0 Å². The Hall–Kier alpha value is -2.86. The van der Waals surface area contributed by atoms with Gasteiger partial charge in [-0.1, -0.05) is 42.5 Å². The van der Waals surface area contributed by atoms with E-state index in [0.29, 0.717) is 6.54 Å². The van der Waals surface area contributed by atoms with Gasteiger partial charge >= 0.3 is 11.8 Å². The summed E-state index contributed by atoms with van der Waals surface area (Å²) < 4.78 is 0. The number of hydrogen-bond donors (Lipinski definition) is 2. The van der Waals surface area contributed by atoms with E-state index in [1.54, 1.807) is 0 Å². The summed E-state index contributed by atoms with van der Waals surface area (Å²) in [6.07, 6.45) is 0. The van der Waals surface area contributed by atoms with Crippen LogP contribution < -0.4 is 15.5 Å². The molecule has 0 bridgehead atoms. The third kappa shape index (κ3) is 5.82. The van der Waals surface area contributed by atoms with E-state index >= 15 is 0 Å². The summed E-state index contributed by atoms with van der Waals surface area (Å²) in [6, 6.07) is 17.5. The minimum Gasteiger partial charge on any atom is -0.378 e. The second-order valence-corrected chi connectivity index (χ2v) is 7.28. The van der Waals surface area contributed by atoms with Crippen molar-refractivity contribution in [3.8, 4) is 0 Å². The molecule has 6 nitrogen and oxygen atoms in total. The zero-order valence-electron chi connectivity index (χ0n) is 17.3. The van der Waals surface area contributed by atoms with Crippen LogP contribution in [0.5, 0.6) is 0 Å². The third-order valence-electron chi connectivity index (χ3n) is 4.73. The van der Waals surface area contributed by atoms with Gasteiger partial charge in [-0.25, -0.2) is 0 Å². The second-order valence-electron chi connectivity index (χ2n) is 7.28. The number of anilines is 1. The molecule has 2 amide bonds. The fourth-order valence-corrected chi connectivity index (χ4v) is 2.95. The molecule has 2 N–H and O–H groups in total. The van der Waals surface area contributed by atoms with Crippen molar-refractivity contribution in [2.45, 2.75) is 19.0 Å². The molecule has 0 saturated carbocycles. The molecular weight excluding hydrogens is 352 g/mol. The SMILES string of the molecule is C[C@H](NC(=O)C(=O)NC[C@@H](c1ccc(N(C)C)cc1)N(C)C)c1ccccc1. The zero-order chi connectivity index (χ0) is 20.7. The summed E-state index contributed by atoms with van der Waals surface area (Å²) in [4.78, 5) is 28.5. The maximum Gasteiger partial charge on any atom is 0.309 e. The van der Waals surface area contributed by atoms with Gasteiger partial charge in [0.25, 0.3) is 0 Å². The Kier molecular flexibility index (Phi) is 7.58. The molecule has 2 atom stereocenters. The first-order valence-corrected chi connectivity index (χ1v) is 9.37. The van der Waals surface area contributed by atoms with E-state index in [0.717, 1.165) is 16.8 Å². The van der Waals surface area contributed by atoms with Gasteiger partial charge in [-0.2, -0.15) is 0 Å². The minimum absolute atomic E-state index is 0.0282. The highest BCUT2D eigenvalue weighted by Gasteiger charge is 2.20. The summed E-state index contributed by atoms with van der Waals surface area (Å²) >= 11 is 0. The van der Waals surface area contributed by atoms with Gasteiger partial charge in [0, 0.05) is 26.3 Å². The molecular formula is C22H30N4O2. The van der Waals surface area contributed by atoms with Crippen LogP contribution in [0.3, 0.4) is 0 Å². The topological polar surface area (TPSA) is 64.7 Å². The molecule has 2 aromatic rings. The van der Waals surface area contributed by atoms with Crippen molar-refractivity contribution < 1.29 is 9.59 Å². The molecule has 0 aromatic heterocycles. The molecule has 6 heteroatoms. The molecule has 0 saturated heterocycles. The van der Waals surface area contributed by atoms with Crippen LogP contribution in [0.1, 0.15) is 30.1 Å². The molecule has 2 rings (SSSR count). The zero-order valence-corrected chi connectivity index (χ0v) is 17.3. The van der Waals surface area contributed by atoms with Gasteiger partial charge in [0.2, 0.25) is 0 Å². The smallest absolute Gasteiger partial charge is 0.309 e. The first-order valence-electron chi connectivity index (χ1n) is 9.37. The standard InChI is InChI=1S/C22H30N4O2/c1-16(17-9-7-6-8-10-17)24-22(28)21(27)23-15-20(26(4)5)18-11-13-19(14-12-18)25(2)3/h6-14,16,20H,15H2,1-5H3,(H,23,27)(H,24,28)/t16-,20-/m0/s1. The van der Waals surface area contributed by atoms with Crippen LogP contribution >= 0.6 is 0 Å². The van der Waals surface area contributed by atoms with Crippen LogP contribution in [-0.4, -0.2) is 51.4 Å². The van der Waals surface area contributed by atoms with E-state index in [2.05, 4.69) is 10.6 Å². The average molecular weight is 383 g/mol. The molecule has 150 valence electrons. The van der Waals surface area contributed by atoms with Gasteiger partial charge in [-0.05, 0) is 44.3 Å². The highest BCUT2D eigenvalue weighted by Crippen LogP contribution is 2.21. The number of nitrogens with one attached hydrogen (secondary N) is 2. The van der Waals surface area contributed by atoms with Crippen LogP contribution in [0, 0.1) is 0 Å². The highest BCUT2D eigenvalue weighted by atomic mass is 16.2. The van der Waals surface area contributed by atoms with Crippen molar-refractivity contribution in [1.82, 2.24) is 15.5 Å². The van der Waals surface area contributed by atoms with Crippen LogP contribution in [0.2, 0.25) is 0 Å². The van der Waals surface area contributed by atoms with Crippen molar-refractivity contribution in [3.63, 3.8) is 0 Å². The first kappa shape index (κ1) is 21.4. The van der Waals surface area contributed by atoms with Gasteiger partial charge in [-0.15, -0.1) is 0 Å². The summed E-state index contributed by atoms with van der Waals surface area (Å²) in [5, 5.41) is 5.49. The Balaban J connectivity index is 1.95. The number of carbonyl (C=O) groups excluding carboxylic acids is 2. The van der Waals surface area contributed by atoms with Crippen molar-refractivity contribution in [2.75, 3.05) is 39.6 Å². The Morgan fingerprint density at radius 3 is 2.00 bits per heavy atom. The molecule has 0 aliphatic rings. The third-order valence-corrected chi connectivity index (χ3v) is 4.73. The predicted molar refractivity (Wildman–Crippen MR) is 113 cm³/mol. The number of benzene rings is 2. The molecule has 0 unspecified atom stereocenters. The lowest BCUT2D eigenvalue weighted by molar-refractivity contribution is -0.139. The number of likely N-dealkylation sites (N-methyl/N-ethyl adjacent to an activating group) is 1. The van der Waals surface area contributed by atoms with E-state index in [4.69, 9.17) is 0 Å². The van der Waals surface area contributed by atoms with Crippen LogP contribution in [-0.2, 0) is 9.59 Å². The molecule has 0 aliphatic heterocycles. The minimum atomic E-state index is -0.628. The second kappa shape index (κ2) is 9.90. The van der Waals surface area contributed by atoms with Gasteiger partial charge in [-0.3, -0.25) is 9.59 Å². The first-order chi connectivity index (χ1) is 13.3. The van der Waals surface area contributed by atoms with E-state index < -0.39 is 11.8 Å². The summed E-state index contributed by atoms with van der Waals surface area (Å²) in [5.74, 6) is -1.25. The van der Waals surface area contributed by atoms with Crippen molar-refractivity contribution in [3.05, 3.63) is 65.7 Å². The number of nitrogens with zero attached hydrogens (tertiary/aromatic N) is 2. The Morgan fingerprint density at radius 2 is 1.46 bits per heavy atom. The van der Waals surface area contributed by atoms with E-state index in [1.165, 1.54) is 0 Å². The molecule has 2 aromatic carbocycles. The fraction of sp³-hybridized carbons (Fsp3) is 0.364. The lowest BCUT2D eigenvalue weighted by Crippen LogP contribution is -2.43. The van der Waals surface area contributed by atoms with Gasteiger partial charge < -0.3 is 20.4 Å². The molecule has 0 fully saturated rings. The normalized spacial score (nSPS) is 12.9. The predicted octanol–water partition coefficient (Wildman–Crippen LogP) is 2.35. The Morgan fingerprint density at radius 1 is 0.857 bits per heavy atom. The van der Waals surface area contributed by atoms with Crippen molar-refractivity contribution in [2.24, 2.45) is 0 Å². The monoisotopic (exact) mass is 382 g/mol. The number of amides is 2. The van der Waals surface area contributed by atoms with Crippen molar-refractivity contribution in [1.29, 1.82) is 0 Å². The quantitative estimate of drug-likeness (QED) is 0.722. The number of carbonyl (C=O) groups is 2. The summed E-state index contributed by atoms with van der Waals surface area (Å²) in [6.45, 7) is 2.20. The van der Waals surface area contributed by atoms with E-state index in [1.807, 2.05) is 99.5 Å². The molecule has 0 radical (unpaired) electrons. The van der Waals surface area contributed by atoms with Gasteiger partial charge in [0.15, 0.2) is 0 Å². The number of rotatable bonds is 7. The van der Waals surface area contributed by atoms with E-state index in [9.17, 15) is 9.59 Å². The fourth-order valence-electron chi connectivity index (χ4n) is 2.95. The average Bonchev–Trinajstić information content (AvgIpc) is 2.68. The largest absolute Gasteiger partial charge is 0.378 e. The van der Waals surface area contributed by atoms with Crippen LogP contribution in [0.25, 0.3) is 0 Å². The molecule has 28 heavy (non-hydrogen) atoms.